The van der Waals surface area contributed by atoms with Crippen molar-refractivity contribution in [2.75, 3.05) is 0 Å². The van der Waals surface area contributed by atoms with Gasteiger partial charge in [0.25, 0.3) is 0 Å². The van der Waals surface area contributed by atoms with E-state index in [-0.39, 0.29) is 0 Å². The highest BCUT2D eigenvalue weighted by atomic mass is 15.4. The molecule has 0 aliphatic heterocycles. The Balaban J connectivity index is 2.92. The van der Waals surface area contributed by atoms with Crippen molar-refractivity contribution in [1.82, 2.24) is 9.66 Å². The molecular formula is C8H11N5. The fraction of sp³-hybridized carbons (Fsp3) is 0.250. The van der Waals surface area contributed by atoms with Crippen LogP contribution in [0.2, 0.25) is 0 Å². The van der Waals surface area contributed by atoms with Crippen LogP contribution in [0.5, 0.6) is 0 Å². The SMILES string of the molecule is C=Nc1nc(C)cn1/N=C\N=CC. The summed E-state index contributed by atoms with van der Waals surface area (Å²) in [5.74, 6) is 0.472. The van der Waals surface area contributed by atoms with Crippen molar-refractivity contribution in [1.29, 1.82) is 0 Å². The molecule has 1 rings (SSSR count). The zero-order valence-electron chi connectivity index (χ0n) is 7.68. The summed E-state index contributed by atoms with van der Waals surface area (Å²) in [6.45, 7) is 7.07. The summed E-state index contributed by atoms with van der Waals surface area (Å²) in [7, 11) is 0. The summed E-state index contributed by atoms with van der Waals surface area (Å²) in [5, 5.41) is 3.99. The first kappa shape index (κ1) is 9.31. The van der Waals surface area contributed by atoms with Gasteiger partial charge in [-0.15, -0.1) is 0 Å². The topological polar surface area (TPSA) is 54.9 Å². The van der Waals surface area contributed by atoms with Crippen molar-refractivity contribution in [3.05, 3.63) is 11.9 Å². The van der Waals surface area contributed by atoms with Crippen LogP contribution in [0.25, 0.3) is 0 Å². The van der Waals surface area contributed by atoms with Crippen molar-refractivity contribution < 1.29 is 0 Å². The largest absolute Gasteiger partial charge is 0.250 e. The molecule has 0 atom stereocenters. The molecule has 13 heavy (non-hydrogen) atoms. The van der Waals surface area contributed by atoms with Gasteiger partial charge in [-0.25, -0.2) is 19.6 Å². The van der Waals surface area contributed by atoms with Crippen LogP contribution in [0, 0.1) is 6.92 Å². The van der Waals surface area contributed by atoms with E-state index in [0.29, 0.717) is 5.95 Å². The van der Waals surface area contributed by atoms with Crippen molar-refractivity contribution in [2.45, 2.75) is 13.8 Å². The molecule has 0 aliphatic carbocycles. The molecule has 0 N–H and O–H groups in total. The van der Waals surface area contributed by atoms with E-state index in [0.717, 1.165) is 5.69 Å². The second-order valence-electron chi connectivity index (χ2n) is 2.32. The number of aryl methyl sites for hydroxylation is 1. The van der Waals surface area contributed by atoms with Crippen LogP contribution in [0.1, 0.15) is 12.6 Å². The van der Waals surface area contributed by atoms with Gasteiger partial charge in [-0.3, -0.25) is 0 Å². The quantitative estimate of drug-likeness (QED) is 0.508. The minimum absolute atomic E-state index is 0.472. The predicted octanol–water partition coefficient (Wildman–Crippen LogP) is 1.41. The highest BCUT2D eigenvalue weighted by molar-refractivity contribution is 5.70. The Bertz CT molecular complexity index is 347. The minimum Gasteiger partial charge on any atom is -0.248 e. The molecule has 68 valence electrons. The second-order valence-corrected chi connectivity index (χ2v) is 2.32. The standard InChI is InChI=1S/C8H11N5/c1-4-10-6-11-13-5-7(2)12-8(13)9-3/h4-6H,3H2,1-2H3/b10-4?,11-6-. The third-order valence-electron chi connectivity index (χ3n) is 1.32. The zero-order chi connectivity index (χ0) is 9.68. The van der Waals surface area contributed by atoms with Gasteiger partial charge in [-0.05, 0) is 20.6 Å². The molecule has 0 amide bonds. The molecule has 1 heterocycles. The molecule has 5 nitrogen and oxygen atoms in total. The first-order chi connectivity index (χ1) is 6.27. The van der Waals surface area contributed by atoms with E-state index in [1.807, 2.05) is 13.8 Å². The van der Waals surface area contributed by atoms with Crippen LogP contribution in [0.4, 0.5) is 5.95 Å². The van der Waals surface area contributed by atoms with Gasteiger partial charge in [-0.2, -0.15) is 5.10 Å². The van der Waals surface area contributed by atoms with Crippen molar-refractivity contribution in [3.63, 3.8) is 0 Å². The summed E-state index contributed by atoms with van der Waals surface area (Å²) in [5.41, 5.74) is 0.847. The summed E-state index contributed by atoms with van der Waals surface area (Å²) in [6.07, 6.45) is 4.83. The molecule has 0 radical (unpaired) electrons. The molecule has 0 bridgehead atoms. The minimum atomic E-state index is 0.472. The first-order valence-electron chi connectivity index (χ1n) is 3.81. The lowest BCUT2D eigenvalue weighted by Crippen LogP contribution is -1.85. The predicted molar refractivity (Wildman–Crippen MR) is 54.2 cm³/mol. The average molecular weight is 177 g/mol. The van der Waals surface area contributed by atoms with Gasteiger partial charge in [-0.1, -0.05) is 0 Å². The van der Waals surface area contributed by atoms with Crippen LogP contribution < -0.4 is 0 Å². The van der Waals surface area contributed by atoms with Crippen LogP contribution in [0.3, 0.4) is 0 Å². The van der Waals surface area contributed by atoms with E-state index in [9.17, 15) is 0 Å². The normalized spacial score (nSPS) is 11.5. The van der Waals surface area contributed by atoms with Gasteiger partial charge >= 0.3 is 0 Å². The Morgan fingerprint density at radius 3 is 3.00 bits per heavy atom. The number of aliphatic imine (C=N–C) groups is 2. The Hall–Kier alpha value is -1.78. The second kappa shape index (κ2) is 4.30. The van der Waals surface area contributed by atoms with E-state index in [1.54, 1.807) is 12.4 Å². The average Bonchev–Trinajstić information content (AvgIpc) is 2.47. The molecule has 1 aromatic rings. The summed E-state index contributed by atoms with van der Waals surface area (Å²) >= 11 is 0. The van der Waals surface area contributed by atoms with E-state index in [2.05, 4.69) is 26.8 Å². The van der Waals surface area contributed by atoms with Gasteiger partial charge in [0.15, 0.2) is 0 Å². The maximum absolute atomic E-state index is 4.08. The summed E-state index contributed by atoms with van der Waals surface area (Å²) in [6, 6.07) is 0. The van der Waals surface area contributed by atoms with Gasteiger partial charge < -0.3 is 0 Å². The van der Waals surface area contributed by atoms with Crippen LogP contribution in [0.15, 0.2) is 21.3 Å². The number of hydrogen-bond acceptors (Lipinski definition) is 3. The Labute approximate surface area is 76.6 Å². The summed E-state index contributed by atoms with van der Waals surface area (Å²) in [4.78, 5) is 11.6. The van der Waals surface area contributed by atoms with Gasteiger partial charge in [0.05, 0.1) is 11.9 Å². The van der Waals surface area contributed by atoms with Crippen molar-refractivity contribution in [2.24, 2.45) is 15.1 Å². The number of hydrogen-bond donors (Lipinski definition) is 0. The first-order valence-corrected chi connectivity index (χ1v) is 3.81. The zero-order valence-corrected chi connectivity index (χ0v) is 7.68. The number of rotatable bonds is 3. The Kier molecular flexibility index (Phi) is 3.08. The molecule has 0 aliphatic rings. The Morgan fingerprint density at radius 1 is 1.62 bits per heavy atom. The fourth-order valence-corrected chi connectivity index (χ4v) is 0.817. The monoisotopic (exact) mass is 177 g/mol. The van der Waals surface area contributed by atoms with Crippen LogP contribution in [-0.4, -0.2) is 28.9 Å². The smallest absolute Gasteiger partial charge is 0.248 e. The fourth-order valence-electron chi connectivity index (χ4n) is 0.817. The number of aromatic nitrogens is 2. The van der Waals surface area contributed by atoms with E-state index >= 15 is 0 Å². The Morgan fingerprint density at radius 2 is 2.38 bits per heavy atom. The van der Waals surface area contributed by atoms with Crippen molar-refractivity contribution in [3.8, 4) is 0 Å². The lowest BCUT2D eigenvalue weighted by atomic mass is 10.6. The molecule has 0 fully saturated rings. The molecule has 5 heteroatoms. The van der Waals surface area contributed by atoms with E-state index < -0.39 is 0 Å². The molecule has 0 aromatic carbocycles. The van der Waals surface area contributed by atoms with E-state index in [1.165, 1.54) is 11.0 Å². The van der Waals surface area contributed by atoms with Crippen LogP contribution in [-0.2, 0) is 0 Å². The van der Waals surface area contributed by atoms with Gasteiger partial charge in [0, 0.05) is 6.21 Å². The maximum Gasteiger partial charge on any atom is 0.250 e. The molecule has 0 unspecified atom stereocenters. The third-order valence-corrected chi connectivity index (χ3v) is 1.32. The molecule has 0 saturated carbocycles. The molecular weight excluding hydrogens is 166 g/mol. The lowest BCUT2D eigenvalue weighted by molar-refractivity contribution is 0.880. The highest BCUT2D eigenvalue weighted by Gasteiger charge is 1.99. The third kappa shape index (κ3) is 2.33. The van der Waals surface area contributed by atoms with Crippen LogP contribution >= 0.6 is 0 Å². The summed E-state index contributed by atoms with van der Waals surface area (Å²) < 4.78 is 1.52. The number of nitrogens with zero attached hydrogens (tertiary/aromatic N) is 5. The van der Waals surface area contributed by atoms with Crippen molar-refractivity contribution >= 4 is 25.2 Å². The lowest BCUT2D eigenvalue weighted by Gasteiger charge is -1.91. The molecule has 0 saturated heterocycles. The molecule has 1 aromatic heterocycles. The van der Waals surface area contributed by atoms with Gasteiger partial charge in [0.2, 0.25) is 5.95 Å². The maximum atomic E-state index is 4.08. The highest BCUT2D eigenvalue weighted by Crippen LogP contribution is 2.09. The van der Waals surface area contributed by atoms with E-state index in [4.69, 9.17) is 0 Å². The number of imidazole rings is 1. The molecule has 0 spiro atoms. The van der Waals surface area contributed by atoms with Gasteiger partial charge in [0.1, 0.15) is 6.34 Å².